The zero-order valence-electron chi connectivity index (χ0n) is 11.9. The fourth-order valence-electron chi connectivity index (χ4n) is 1.68. The molecule has 120 valence electrons. The summed E-state index contributed by atoms with van der Waals surface area (Å²) in [4.78, 5) is -0.598. The summed E-state index contributed by atoms with van der Waals surface area (Å²) < 4.78 is 58.6. The van der Waals surface area contributed by atoms with Crippen molar-refractivity contribution in [2.24, 2.45) is 5.73 Å². The third kappa shape index (κ3) is 4.99. The van der Waals surface area contributed by atoms with E-state index in [1.54, 1.807) is 0 Å². The van der Waals surface area contributed by atoms with Gasteiger partial charge in [0.15, 0.2) is 5.82 Å². The van der Waals surface area contributed by atoms with E-state index in [0.717, 1.165) is 18.6 Å². The Balaban J connectivity index is 2.71. The molecule has 0 atom stereocenters. The topological polar surface area (TPSA) is 81.4 Å². The second-order valence-electron chi connectivity index (χ2n) is 4.41. The molecule has 1 aromatic carbocycles. The van der Waals surface area contributed by atoms with Crippen LogP contribution in [0.2, 0.25) is 0 Å². The Kier molecular flexibility index (Phi) is 7.16. The van der Waals surface area contributed by atoms with Crippen LogP contribution in [0.5, 0.6) is 0 Å². The summed E-state index contributed by atoms with van der Waals surface area (Å²) >= 11 is 0. The van der Waals surface area contributed by atoms with Crippen LogP contribution in [0.1, 0.15) is 25.3 Å². The Morgan fingerprint density at radius 1 is 1.29 bits per heavy atom. The van der Waals surface area contributed by atoms with Crippen molar-refractivity contribution in [2.75, 3.05) is 19.8 Å². The minimum atomic E-state index is -4.04. The van der Waals surface area contributed by atoms with Gasteiger partial charge in [0.25, 0.3) is 0 Å². The third-order valence-corrected chi connectivity index (χ3v) is 4.23. The molecule has 3 N–H and O–H groups in total. The van der Waals surface area contributed by atoms with E-state index in [0.29, 0.717) is 19.6 Å². The fourth-order valence-corrected chi connectivity index (χ4v) is 2.85. The van der Waals surface area contributed by atoms with E-state index in [1.165, 1.54) is 0 Å². The van der Waals surface area contributed by atoms with Crippen LogP contribution >= 0.6 is 0 Å². The van der Waals surface area contributed by atoms with E-state index >= 15 is 0 Å². The second kappa shape index (κ2) is 8.38. The van der Waals surface area contributed by atoms with Crippen LogP contribution in [0.25, 0.3) is 0 Å². The van der Waals surface area contributed by atoms with Gasteiger partial charge in [0.05, 0.1) is 0 Å². The van der Waals surface area contributed by atoms with Crippen LogP contribution in [0.3, 0.4) is 0 Å². The van der Waals surface area contributed by atoms with Crippen LogP contribution in [-0.2, 0) is 21.3 Å². The van der Waals surface area contributed by atoms with Gasteiger partial charge in [-0.25, -0.2) is 21.9 Å². The first kappa shape index (κ1) is 18.0. The van der Waals surface area contributed by atoms with E-state index in [4.69, 9.17) is 10.5 Å². The zero-order valence-corrected chi connectivity index (χ0v) is 12.7. The molecule has 5 nitrogen and oxygen atoms in total. The molecular weight excluding hydrogens is 302 g/mol. The summed E-state index contributed by atoms with van der Waals surface area (Å²) in [5, 5.41) is 0. The summed E-state index contributed by atoms with van der Waals surface area (Å²) in [6, 6.07) is 1.78. The molecule has 0 spiro atoms. The van der Waals surface area contributed by atoms with Gasteiger partial charge in [-0.15, -0.1) is 0 Å². The molecule has 0 heterocycles. The highest BCUT2D eigenvalue weighted by Crippen LogP contribution is 2.20. The highest BCUT2D eigenvalue weighted by molar-refractivity contribution is 7.89. The fraction of sp³-hybridized carbons (Fsp3) is 0.538. The molecule has 1 aromatic rings. The largest absolute Gasteiger partial charge is 0.381 e. The minimum absolute atomic E-state index is 0.112. The van der Waals surface area contributed by atoms with Crippen LogP contribution in [-0.4, -0.2) is 28.2 Å². The number of hydrogen-bond donors (Lipinski definition) is 2. The molecule has 0 saturated carbocycles. The van der Waals surface area contributed by atoms with E-state index < -0.39 is 38.7 Å². The van der Waals surface area contributed by atoms with Crippen LogP contribution in [0.15, 0.2) is 17.0 Å². The maximum Gasteiger partial charge on any atom is 0.243 e. The summed E-state index contributed by atoms with van der Waals surface area (Å²) in [6.45, 7) is 2.69. The molecule has 21 heavy (non-hydrogen) atoms. The van der Waals surface area contributed by atoms with Gasteiger partial charge in [-0.2, -0.15) is 0 Å². The second-order valence-corrected chi connectivity index (χ2v) is 6.14. The van der Waals surface area contributed by atoms with Gasteiger partial charge < -0.3 is 10.5 Å². The lowest BCUT2D eigenvalue weighted by atomic mass is 10.2. The van der Waals surface area contributed by atoms with Crippen molar-refractivity contribution < 1.29 is 21.9 Å². The Morgan fingerprint density at radius 2 is 2.00 bits per heavy atom. The SMILES string of the molecule is CCCOCCCNS(=O)(=O)c1ccc(F)c(CN)c1F. The van der Waals surface area contributed by atoms with E-state index in [1.807, 2.05) is 6.92 Å². The van der Waals surface area contributed by atoms with Gasteiger partial charge in [0.1, 0.15) is 10.7 Å². The van der Waals surface area contributed by atoms with Gasteiger partial charge in [0.2, 0.25) is 10.0 Å². The van der Waals surface area contributed by atoms with Crippen molar-refractivity contribution in [3.63, 3.8) is 0 Å². The molecule has 0 fully saturated rings. The monoisotopic (exact) mass is 322 g/mol. The van der Waals surface area contributed by atoms with Crippen molar-refractivity contribution in [2.45, 2.75) is 31.2 Å². The molecule has 0 saturated heterocycles. The van der Waals surface area contributed by atoms with E-state index in [-0.39, 0.29) is 6.54 Å². The summed E-state index contributed by atoms with van der Waals surface area (Å²) in [5.41, 5.74) is 4.78. The van der Waals surface area contributed by atoms with Gasteiger partial charge in [-0.3, -0.25) is 0 Å². The Hall–Kier alpha value is -1.09. The van der Waals surface area contributed by atoms with Crippen LogP contribution in [0, 0.1) is 11.6 Å². The number of halogens is 2. The van der Waals surface area contributed by atoms with Crippen molar-refractivity contribution in [1.29, 1.82) is 0 Å². The molecule has 0 unspecified atom stereocenters. The van der Waals surface area contributed by atoms with Gasteiger partial charge >= 0.3 is 0 Å². The highest BCUT2D eigenvalue weighted by atomic mass is 32.2. The van der Waals surface area contributed by atoms with Gasteiger partial charge in [-0.1, -0.05) is 6.92 Å². The maximum absolute atomic E-state index is 13.9. The minimum Gasteiger partial charge on any atom is -0.381 e. The standard InChI is InChI=1S/C13H20F2N2O3S/c1-2-7-20-8-3-6-17-21(18,19)12-5-4-11(14)10(9-16)13(12)15/h4-5,17H,2-3,6-9,16H2,1H3. The number of nitrogens with two attached hydrogens (primary N) is 1. The lowest BCUT2D eigenvalue weighted by Crippen LogP contribution is -2.27. The average Bonchev–Trinajstić information content (AvgIpc) is 2.43. The third-order valence-electron chi connectivity index (χ3n) is 2.75. The molecule has 1 rings (SSSR count). The quantitative estimate of drug-likeness (QED) is 0.675. The molecule has 0 amide bonds. The van der Waals surface area contributed by atoms with Gasteiger partial charge in [-0.05, 0) is 25.0 Å². The van der Waals surface area contributed by atoms with Crippen molar-refractivity contribution in [1.82, 2.24) is 4.72 Å². The van der Waals surface area contributed by atoms with Crippen molar-refractivity contribution in [3.05, 3.63) is 29.3 Å². The Labute approximate surface area is 123 Å². The molecule has 0 bridgehead atoms. The van der Waals surface area contributed by atoms with Crippen LogP contribution in [0.4, 0.5) is 8.78 Å². The lowest BCUT2D eigenvalue weighted by Gasteiger charge is -2.10. The number of nitrogens with one attached hydrogen (secondary N) is 1. The highest BCUT2D eigenvalue weighted by Gasteiger charge is 2.22. The molecule has 0 aromatic heterocycles. The van der Waals surface area contributed by atoms with E-state index in [9.17, 15) is 17.2 Å². The normalized spacial score (nSPS) is 11.8. The lowest BCUT2D eigenvalue weighted by molar-refractivity contribution is 0.133. The van der Waals surface area contributed by atoms with Crippen molar-refractivity contribution >= 4 is 10.0 Å². The summed E-state index contributed by atoms with van der Waals surface area (Å²) in [6.07, 6.45) is 1.35. The number of ether oxygens (including phenoxy) is 1. The average molecular weight is 322 g/mol. The predicted molar refractivity (Wildman–Crippen MR) is 75.2 cm³/mol. The van der Waals surface area contributed by atoms with E-state index in [2.05, 4.69) is 4.72 Å². The number of benzene rings is 1. The molecule has 8 heteroatoms. The molecule has 0 aliphatic carbocycles. The number of rotatable bonds is 9. The maximum atomic E-state index is 13.9. The predicted octanol–water partition coefficient (Wildman–Crippen LogP) is 1.52. The van der Waals surface area contributed by atoms with Crippen molar-refractivity contribution in [3.8, 4) is 0 Å². The molecule has 0 radical (unpaired) electrons. The number of sulfonamides is 1. The number of hydrogen-bond acceptors (Lipinski definition) is 4. The molecule has 0 aliphatic heterocycles. The molecular formula is C13H20F2N2O3S. The first-order valence-electron chi connectivity index (χ1n) is 6.68. The van der Waals surface area contributed by atoms with Crippen LogP contribution < -0.4 is 10.5 Å². The molecule has 0 aliphatic rings. The van der Waals surface area contributed by atoms with Gasteiger partial charge in [0, 0.05) is 31.9 Å². The Morgan fingerprint density at radius 3 is 2.62 bits per heavy atom. The zero-order chi connectivity index (χ0) is 15.9. The summed E-state index contributed by atoms with van der Waals surface area (Å²) in [7, 11) is -4.04. The smallest absolute Gasteiger partial charge is 0.243 e. The Bertz CT molecular complexity index is 565. The first-order valence-corrected chi connectivity index (χ1v) is 8.16. The summed E-state index contributed by atoms with van der Waals surface area (Å²) in [5.74, 6) is -2.01. The first-order chi connectivity index (χ1) is 9.94.